The van der Waals surface area contributed by atoms with E-state index in [1.54, 1.807) is 45.0 Å². The average Bonchev–Trinajstić information content (AvgIpc) is 3.71. The van der Waals surface area contributed by atoms with E-state index >= 15 is 0 Å². The molecule has 2 unspecified atom stereocenters. The summed E-state index contributed by atoms with van der Waals surface area (Å²) in [4.78, 5) is 59.2. The highest BCUT2D eigenvalue weighted by Crippen LogP contribution is 2.30. The molecule has 246 valence electrons. The van der Waals surface area contributed by atoms with Gasteiger partial charge in [0.2, 0.25) is 27.6 Å². The number of dihydropyridines is 1. The lowest BCUT2D eigenvalue weighted by Crippen LogP contribution is -2.59. The van der Waals surface area contributed by atoms with Crippen LogP contribution in [0.1, 0.15) is 66.2 Å². The maximum Gasteiger partial charge on any atom is 0.289 e. The summed E-state index contributed by atoms with van der Waals surface area (Å²) in [5.41, 5.74) is -0.893. The quantitative estimate of drug-likeness (QED) is 0.273. The number of hydrogen-bond donors (Lipinski definition) is 3. The molecule has 3 aliphatic rings. The summed E-state index contributed by atoms with van der Waals surface area (Å²) in [6.07, 6.45) is 4.87. The molecule has 14 heteroatoms. The summed E-state index contributed by atoms with van der Waals surface area (Å²) in [7, 11) is -4.10. The van der Waals surface area contributed by atoms with E-state index in [9.17, 15) is 27.6 Å². The number of nitrogens with one attached hydrogen (secondary N) is 3. The highest BCUT2D eigenvalue weighted by Gasteiger charge is 2.47. The van der Waals surface area contributed by atoms with Crippen LogP contribution in [0.25, 0.3) is 0 Å². The Labute approximate surface area is 269 Å². The maximum absolute atomic E-state index is 14.3. The van der Waals surface area contributed by atoms with Gasteiger partial charge in [0.1, 0.15) is 12.1 Å². The van der Waals surface area contributed by atoms with Crippen molar-refractivity contribution in [2.75, 3.05) is 6.54 Å². The zero-order valence-electron chi connectivity index (χ0n) is 26.0. The number of Topliss-reactive ketones (excluding diaryl/α,β-unsaturated/α-hetero) is 1. The van der Waals surface area contributed by atoms with Crippen LogP contribution in [-0.4, -0.2) is 86.1 Å². The van der Waals surface area contributed by atoms with E-state index < -0.39 is 69.4 Å². The largest absolute Gasteiger partial charge is 0.351 e. The number of sulfonamides is 1. The molecule has 3 N–H and O–H groups in total. The molecule has 2 fully saturated rings. The van der Waals surface area contributed by atoms with Crippen molar-refractivity contribution < 1.29 is 32.3 Å². The molecule has 3 amide bonds. The van der Waals surface area contributed by atoms with Gasteiger partial charge in [-0.15, -0.1) is 0 Å². The number of carbonyl (C=O) groups excluding carboxylic acids is 4. The van der Waals surface area contributed by atoms with E-state index in [0.29, 0.717) is 17.9 Å². The van der Waals surface area contributed by atoms with Gasteiger partial charge < -0.3 is 20.3 Å². The normalized spacial score (nSPS) is 23.2. The molecule has 1 aromatic carbocycles. The van der Waals surface area contributed by atoms with Crippen molar-refractivity contribution >= 4 is 51.3 Å². The Kier molecular flexibility index (Phi) is 11.2. The molecule has 5 atom stereocenters. The van der Waals surface area contributed by atoms with Crippen molar-refractivity contribution in [3.05, 3.63) is 41.4 Å². The Balaban J connectivity index is 1.59. The lowest BCUT2D eigenvalue weighted by molar-refractivity contribution is -0.143. The third-order valence-electron chi connectivity index (χ3n) is 7.86. The van der Waals surface area contributed by atoms with Crippen LogP contribution in [0, 0.1) is 5.41 Å². The Morgan fingerprint density at radius 2 is 1.82 bits per heavy atom. The number of nitrogens with zero attached hydrogens (tertiary/aromatic N) is 2. The molecule has 0 bridgehead atoms. The summed E-state index contributed by atoms with van der Waals surface area (Å²) in [5.74, 6) is -2.74. The SMILES string of the molecule is CCCC(NC(=O)[C@@H]1C[C@@H](OC2CC=C(Cl)C=N2)CN1C(=O)[C@@H](NS(=O)(=O)c1ccccc1)C(C)(C)C)C(=O)C(=O)NC1CC1. The van der Waals surface area contributed by atoms with Crippen molar-refractivity contribution in [1.29, 1.82) is 0 Å². The minimum Gasteiger partial charge on any atom is -0.351 e. The Bertz CT molecular complexity index is 1440. The van der Waals surface area contributed by atoms with Crippen LogP contribution in [0.3, 0.4) is 0 Å². The van der Waals surface area contributed by atoms with E-state index in [1.165, 1.54) is 23.2 Å². The van der Waals surface area contributed by atoms with Crippen LogP contribution >= 0.6 is 11.6 Å². The maximum atomic E-state index is 14.3. The van der Waals surface area contributed by atoms with Crippen molar-refractivity contribution in [1.82, 2.24) is 20.3 Å². The number of hydrogen-bond acceptors (Lipinski definition) is 8. The van der Waals surface area contributed by atoms with Gasteiger partial charge in [0.15, 0.2) is 6.23 Å². The molecule has 0 spiro atoms. The highest BCUT2D eigenvalue weighted by molar-refractivity contribution is 7.89. The van der Waals surface area contributed by atoms with Crippen molar-refractivity contribution in [3.8, 4) is 0 Å². The summed E-state index contributed by atoms with van der Waals surface area (Å²) in [6.45, 7) is 6.99. The van der Waals surface area contributed by atoms with E-state index in [2.05, 4.69) is 20.3 Å². The molecule has 12 nitrogen and oxygen atoms in total. The molecular weight excluding hydrogens is 622 g/mol. The van der Waals surface area contributed by atoms with E-state index in [1.807, 2.05) is 6.92 Å². The second-order valence-electron chi connectivity index (χ2n) is 12.8. The van der Waals surface area contributed by atoms with Crippen LogP contribution < -0.4 is 15.4 Å². The zero-order valence-corrected chi connectivity index (χ0v) is 27.6. The van der Waals surface area contributed by atoms with Gasteiger partial charge >= 0.3 is 0 Å². The van der Waals surface area contributed by atoms with Crippen molar-refractivity contribution in [2.24, 2.45) is 10.4 Å². The van der Waals surface area contributed by atoms with E-state index in [4.69, 9.17) is 16.3 Å². The predicted molar refractivity (Wildman–Crippen MR) is 169 cm³/mol. The number of amides is 3. The predicted octanol–water partition coefficient (Wildman–Crippen LogP) is 2.42. The first-order valence-electron chi connectivity index (χ1n) is 15.3. The van der Waals surface area contributed by atoms with Gasteiger partial charge in [-0.05, 0) is 36.8 Å². The van der Waals surface area contributed by atoms with Crippen LogP contribution in [0.4, 0.5) is 0 Å². The zero-order chi connectivity index (χ0) is 32.9. The Morgan fingerprint density at radius 1 is 1.13 bits per heavy atom. The third kappa shape index (κ3) is 9.21. The van der Waals surface area contributed by atoms with Gasteiger partial charge in [-0.3, -0.25) is 24.2 Å². The molecule has 2 heterocycles. The number of aliphatic imine (C=N–C) groups is 1. The van der Waals surface area contributed by atoms with Crippen molar-refractivity contribution in [3.63, 3.8) is 0 Å². The molecule has 4 rings (SSSR count). The Hall–Kier alpha value is -3.13. The highest BCUT2D eigenvalue weighted by atomic mass is 35.5. The minimum absolute atomic E-state index is 0.00348. The summed E-state index contributed by atoms with van der Waals surface area (Å²) >= 11 is 5.99. The number of likely N-dealkylation sites (tertiary alicyclic amines) is 1. The average molecular weight is 664 g/mol. The first-order chi connectivity index (χ1) is 21.2. The van der Waals surface area contributed by atoms with Gasteiger partial charge in [-0.2, -0.15) is 4.72 Å². The monoisotopic (exact) mass is 663 g/mol. The molecule has 0 aromatic heterocycles. The molecule has 1 saturated carbocycles. The fourth-order valence-electron chi connectivity index (χ4n) is 5.24. The lowest BCUT2D eigenvalue weighted by Gasteiger charge is -2.35. The molecule has 1 saturated heterocycles. The van der Waals surface area contributed by atoms with E-state index in [0.717, 1.165) is 12.8 Å². The van der Waals surface area contributed by atoms with Crippen LogP contribution in [0.2, 0.25) is 0 Å². The number of rotatable bonds is 13. The first-order valence-corrected chi connectivity index (χ1v) is 17.1. The molecule has 1 aromatic rings. The fourth-order valence-corrected chi connectivity index (χ4v) is 6.80. The molecule has 1 aliphatic carbocycles. The van der Waals surface area contributed by atoms with Crippen LogP contribution in [0.15, 0.2) is 51.3 Å². The number of halogens is 1. The smallest absolute Gasteiger partial charge is 0.289 e. The number of ether oxygens (including phenoxy) is 1. The number of benzene rings is 1. The first kappa shape index (κ1) is 34.7. The Morgan fingerprint density at radius 3 is 2.40 bits per heavy atom. The number of carbonyl (C=O) groups is 4. The number of ketones is 1. The van der Waals surface area contributed by atoms with Gasteiger partial charge in [-0.25, -0.2) is 8.42 Å². The fraction of sp³-hybridized carbons (Fsp3) is 0.581. The minimum atomic E-state index is -4.10. The van der Waals surface area contributed by atoms with Crippen LogP contribution in [-0.2, 0) is 33.9 Å². The standard InChI is InChI=1S/C31H42ClN5O7S/c1-5-9-23(26(38)29(40)34-20-13-14-20)35-28(39)24-16-21(44-25-15-12-19(32)17-33-25)18-37(24)30(41)27(31(2,3)4)36-45(42,43)22-10-7-6-8-11-22/h6-8,10-12,17,20-21,23-25,27,36H,5,9,13-16,18H2,1-4H3,(H,34,40)(H,35,39)/t21-,23?,24+,25?,27-/m1/s1. The second kappa shape index (κ2) is 14.5. The number of allylic oxidation sites excluding steroid dienone is 1. The van der Waals surface area contributed by atoms with Crippen LogP contribution in [0.5, 0.6) is 0 Å². The summed E-state index contributed by atoms with van der Waals surface area (Å²) < 4.78 is 35.3. The van der Waals surface area contributed by atoms with Gasteiger partial charge in [0, 0.05) is 31.6 Å². The van der Waals surface area contributed by atoms with E-state index in [-0.39, 0.29) is 30.3 Å². The lowest BCUT2D eigenvalue weighted by atomic mass is 9.86. The van der Waals surface area contributed by atoms with Gasteiger partial charge in [0.05, 0.1) is 22.1 Å². The molecule has 2 aliphatic heterocycles. The van der Waals surface area contributed by atoms with Gasteiger partial charge in [-0.1, -0.05) is 70.0 Å². The molecule has 45 heavy (non-hydrogen) atoms. The summed E-state index contributed by atoms with van der Waals surface area (Å²) in [6, 6.07) is 4.26. The molecule has 0 radical (unpaired) electrons. The topological polar surface area (TPSA) is 163 Å². The van der Waals surface area contributed by atoms with Gasteiger partial charge in [0.25, 0.3) is 5.91 Å². The molecular formula is C31H42ClN5O7S. The third-order valence-corrected chi connectivity index (χ3v) is 9.55. The summed E-state index contributed by atoms with van der Waals surface area (Å²) in [5, 5.41) is 5.85. The van der Waals surface area contributed by atoms with Crippen molar-refractivity contribution in [2.45, 2.75) is 108 Å². The second-order valence-corrected chi connectivity index (χ2v) is 14.9.